The summed E-state index contributed by atoms with van der Waals surface area (Å²) in [5.41, 5.74) is 1.56. The van der Waals surface area contributed by atoms with Gasteiger partial charge in [-0.25, -0.2) is 0 Å². The van der Waals surface area contributed by atoms with Crippen molar-refractivity contribution in [2.75, 3.05) is 78.5 Å². The molecule has 1 aliphatic heterocycles. The molecule has 0 aliphatic carbocycles. The SMILES string of the molecule is O=C([O-])CN1CCN(CC(=O)[O-])CCN(CC(=O)NCc2nc3ccccc3c3ccccc23)CCN(CC(=O)[O-])CC1.[Tb+3]. The topological polar surface area (TPSA) is 175 Å². The third-order valence-corrected chi connectivity index (χ3v) is 7.50. The van der Waals surface area contributed by atoms with E-state index in [0.717, 1.165) is 27.4 Å². The maximum atomic E-state index is 13.1. The maximum absolute atomic E-state index is 13.1. The van der Waals surface area contributed by atoms with E-state index in [1.54, 1.807) is 14.7 Å². The van der Waals surface area contributed by atoms with Crippen molar-refractivity contribution in [3.8, 4) is 0 Å². The normalized spacial score (nSPS) is 16.5. The Morgan fingerprint density at radius 2 is 0.977 bits per heavy atom. The van der Waals surface area contributed by atoms with Gasteiger partial charge in [0.15, 0.2) is 0 Å². The Kier molecular flexibility index (Phi) is 14.2. The number of fused-ring (bicyclic) bond motifs is 3. The van der Waals surface area contributed by atoms with Crippen LogP contribution in [0.4, 0.5) is 0 Å². The Bertz CT molecular complexity index is 1430. The first kappa shape index (κ1) is 35.6. The van der Waals surface area contributed by atoms with Gasteiger partial charge in [-0.3, -0.25) is 29.4 Å². The van der Waals surface area contributed by atoms with Gasteiger partial charge in [-0.15, -0.1) is 0 Å². The smallest absolute Gasteiger partial charge is 0.549 e. The molecule has 14 heteroatoms. The molecule has 3 aromatic rings. The number of carbonyl (C=O) groups is 4. The minimum absolute atomic E-state index is 0. The largest absolute Gasteiger partial charge is 3.00 e. The Labute approximate surface area is 286 Å². The third-order valence-electron chi connectivity index (χ3n) is 7.50. The average Bonchev–Trinajstić information content (AvgIpc) is 2.96. The Hall–Kier alpha value is -2.88. The molecule has 0 spiro atoms. The third kappa shape index (κ3) is 10.9. The van der Waals surface area contributed by atoms with E-state index in [1.165, 1.54) is 0 Å². The summed E-state index contributed by atoms with van der Waals surface area (Å²) in [6.07, 6.45) is 0. The van der Waals surface area contributed by atoms with E-state index in [4.69, 9.17) is 4.98 Å². The summed E-state index contributed by atoms with van der Waals surface area (Å²) in [7, 11) is 0. The second kappa shape index (κ2) is 17.6. The Balaban J connectivity index is 0.00000529. The van der Waals surface area contributed by atoms with E-state index >= 15 is 0 Å². The van der Waals surface area contributed by atoms with Gasteiger partial charge < -0.3 is 35.0 Å². The molecule has 2 heterocycles. The van der Waals surface area contributed by atoms with E-state index < -0.39 is 17.9 Å². The van der Waals surface area contributed by atoms with Crippen molar-refractivity contribution in [2.45, 2.75) is 6.54 Å². The van der Waals surface area contributed by atoms with Crippen molar-refractivity contribution >= 4 is 45.5 Å². The summed E-state index contributed by atoms with van der Waals surface area (Å²) in [4.78, 5) is 58.6. The first-order valence-corrected chi connectivity index (χ1v) is 14.2. The zero-order valence-corrected chi connectivity index (χ0v) is 26.4. The average molecular weight is 751 g/mol. The molecule has 0 atom stereocenters. The van der Waals surface area contributed by atoms with Gasteiger partial charge in [0.1, 0.15) is 0 Å². The van der Waals surface area contributed by atoms with Crippen molar-refractivity contribution in [1.29, 1.82) is 0 Å². The number of carboxylic acids is 3. The van der Waals surface area contributed by atoms with Gasteiger partial charge in [-0.1, -0.05) is 42.5 Å². The molecule has 1 aromatic heterocycles. The van der Waals surface area contributed by atoms with Crippen LogP contribution in [0, 0.1) is 38.6 Å². The molecule has 4 rings (SSSR count). The van der Waals surface area contributed by atoms with Gasteiger partial charge in [0, 0.05) is 82.8 Å². The predicted molar refractivity (Wildman–Crippen MR) is 152 cm³/mol. The van der Waals surface area contributed by atoms with Crippen LogP contribution in [-0.2, 0) is 25.7 Å². The van der Waals surface area contributed by atoms with Gasteiger partial charge in [0.05, 0.1) is 42.2 Å². The second-order valence-electron chi connectivity index (χ2n) is 10.6. The van der Waals surface area contributed by atoms with Gasteiger partial charge in [0.2, 0.25) is 5.91 Å². The van der Waals surface area contributed by atoms with Gasteiger partial charge in [-0.05, 0) is 11.5 Å². The van der Waals surface area contributed by atoms with Crippen molar-refractivity contribution < 1.29 is 73.1 Å². The molecule has 0 bridgehead atoms. The molecule has 0 saturated carbocycles. The van der Waals surface area contributed by atoms with Gasteiger partial charge >= 0.3 is 38.6 Å². The monoisotopic (exact) mass is 750 g/mol. The summed E-state index contributed by atoms with van der Waals surface area (Å²) in [5.74, 6) is -4.07. The second-order valence-corrected chi connectivity index (χ2v) is 10.6. The number of hydrogen-bond donors (Lipinski definition) is 1. The van der Waals surface area contributed by atoms with Crippen LogP contribution >= 0.6 is 0 Å². The number of aromatic nitrogens is 1. The molecule has 0 radical (unpaired) electrons. The number of para-hydroxylation sites is 1. The van der Waals surface area contributed by atoms with Crippen molar-refractivity contribution in [3.63, 3.8) is 0 Å². The number of carbonyl (C=O) groups excluding carboxylic acids is 4. The zero-order chi connectivity index (χ0) is 30.8. The van der Waals surface area contributed by atoms with E-state index in [0.29, 0.717) is 13.1 Å². The Morgan fingerprint density at radius 3 is 1.43 bits per heavy atom. The van der Waals surface area contributed by atoms with E-state index in [1.807, 2.05) is 53.4 Å². The Morgan fingerprint density at radius 1 is 0.591 bits per heavy atom. The molecule has 1 aliphatic rings. The molecule has 0 unspecified atom stereocenters. The summed E-state index contributed by atoms with van der Waals surface area (Å²) < 4.78 is 0. The molecule has 2 aromatic carbocycles. The molecule has 236 valence electrons. The maximum Gasteiger partial charge on any atom is 3.00 e. The van der Waals surface area contributed by atoms with E-state index in [9.17, 15) is 34.5 Å². The van der Waals surface area contributed by atoms with Crippen molar-refractivity contribution in [1.82, 2.24) is 29.9 Å². The summed E-state index contributed by atoms with van der Waals surface area (Å²) >= 11 is 0. The van der Waals surface area contributed by atoms with Crippen LogP contribution in [0.5, 0.6) is 0 Å². The summed E-state index contributed by atoms with van der Waals surface area (Å²) in [6.45, 7) is 1.26. The van der Waals surface area contributed by atoms with Crippen LogP contribution in [0.15, 0.2) is 48.5 Å². The molecule has 44 heavy (non-hydrogen) atoms. The quantitative estimate of drug-likeness (QED) is 0.203. The number of hydrogen-bond acceptors (Lipinski definition) is 12. The molecule has 1 N–H and O–H groups in total. The molecular weight excluding hydrogens is 715 g/mol. The number of nitrogens with zero attached hydrogens (tertiary/aromatic N) is 5. The number of benzene rings is 2. The molecular formula is C30H35N6O7Tb. The van der Waals surface area contributed by atoms with Crippen LogP contribution in [-0.4, -0.2) is 127 Å². The standard InChI is InChI=1S/C30H38N6O7.Tb/c37-27(31-17-26-24-7-2-1-5-22(24)23-6-3-4-8-25(23)32-26)18-33-9-11-34(19-28(38)39)13-15-36(21-30(42)43)16-14-35(12-10-33)20-29(40)41;/h1-8H,9-21H2,(H,31,37)(H,38,39)(H,40,41)(H,42,43);/q;+3/p-3. The number of carboxylic acid groups (broad SMARTS) is 3. The molecule has 1 fully saturated rings. The van der Waals surface area contributed by atoms with Crippen molar-refractivity contribution in [3.05, 3.63) is 54.2 Å². The molecule has 1 amide bonds. The zero-order valence-electron chi connectivity index (χ0n) is 24.2. The number of pyridine rings is 1. The number of aliphatic carboxylic acids is 3. The van der Waals surface area contributed by atoms with E-state index in [2.05, 4.69) is 5.32 Å². The number of nitrogens with one attached hydrogen (secondary N) is 1. The van der Waals surface area contributed by atoms with Crippen LogP contribution in [0.1, 0.15) is 5.69 Å². The molecule has 1 saturated heterocycles. The fourth-order valence-electron chi connectivity index (χ4n) is 5.31. The van der Waals surface area contributed by atoms with E-state index in [-0.39, 0.29) is 117 Å². The van der Waals surface area contributed by atoms with Crippen LogP contribution < -0.4 is 20.6 Å². The van der Waals surface area contributed by atoms with Gasteiger partial charge in [-0.2, -0.15) is 0 Å². The predicted octanol–water partition coefficient (Wildman–Crippen LogP) is -3.52. The first-order valence-electron chi connectivity index (χ1n) is 14.2. The number of amides is 1. The van der Waals surface area contributed by atoms with Crippen LogP contribution in [0.2, 0.25) is 0 Å². The first-order chi connectivity index (χ1) is 20.7. The minimum atomic E-state index is -1.28. The summed E-state index contributed by atoms with van der Waals surface area (Å²) in [5, 5.41) is 40.0. The number of rotatable bonds is 10. The van der Waals surface area contributed by atoms with Gasteiger partial charge in [0.25, 0.3) is 0 Å². The van der Waals surface area contributed by atoms with Crippen LogP contribution in [0.25, 0.3) is 21.7 Å². The fraction of sp³-hybridized carbons (Fsp3) is 0.433. The summed E-state index contributed by atoms with van der Waals surface area (Å²) in [6, 6.07) is 15.7. The minimum Gasteiger partial charge on any atom is -0.549 e. The fourth-order valence-corrected chi connectivity index (χ4v) is 5.31. The van der Waals surface area contributed by atoms with Crippen LogP contribution in [0.3, 0.4) is 0 Å². The molecule has 13 nitrogen and oxygen atoms in total. The van der Waals surface area contributed by atoms with Crippen molar-refractivity contribution in [2.24, 2.45) is 0 Å².